The first-order valence-electron chi connectivity index (χ1n) is 13.5. The van der Waals surface area contributed by atoms with Crippen LogP contribution in [0, 0.1) is 6.92 Å². The van der Waals surface area contributed by atoms with Crippen LogP contribution in [0.5, 0.6) is 0 Å². The fourth-order valence-electron chi connectivity index (χ4n) is 6.15. The topological polar surface area (TPSA) is 65.8 Å². The summed E-state index contributed by atoms with van der Waals surface area (Å²) in [6.07, 6.45) is 11.4. The van der Waals surface area contributed by atoms with Gasteiger partial charge < -0.3 is 14.2 Å². The first-order chi connectivity index (χ1) is 17.6. The number of aryl methyl sites for hydroxylation is 1. The molecule has 1 saturated heterocycles. The number of ether oxygens (including phenoxy) is 3. The van der Waals surface area contributed by atoms with Gasteiger partial charge in [-0.05, 0) is 75.8 Å². The Morgan fingerprint density at radius 3 is 2.58 bits per heavy atom. The normalized spacial score (nSPS) is 28.7. The van der Waals surface area contributed by atoms with Gasteiger partial charge in [0.25, 0.3) is 0 Å². The van der Waals surface area contributed by atoms with Crippen molar-refractivity contribution in [2.24, 2.45) is 0 Å². The van der Waals surface area contributed by atoms with Crippen molar-refractivity contribution >= 4 is 11.7 Å². The van der Waals surface area contributed by atoms with Crippen LogP contribution in [0.15, 0.2) is 42.6 Å². The van der Waals surface area contributed by atoms with Crippen LogP contribution in [0.4, 0.5) is 4.79 Å². The molecule has 1 aromatic carbocycles. The minimum absolute atomic E-state index is 0.0688. The van der Waals surface area contributed by atoms with Gasteiger partial charge in [0.05, 0.1) is 43.8 Å². The third kappa shape index (κ3) is 5.09. The van der Waals surface area contributed by atoms with Crippen LogP contribution in [-0.2, 0) is 14.2 Å². The van der Waals surface area contributed by atoms with E-state index >= 15 is 0 Å². The highest BCUT2D eigenvalue weighted by Crippen LogP contribution is 2.38. The molecule has 5 rings (SSSR count). The molecular weight excluding hydrogens is 454 g/mol. The van der Waals surface area contributed by atoms with Crippen molar-refractivity contribution in [1.82, 2.24) is 14.7 Å². The van der Waals surface area contributed by atoms with E-state index in [1.807, 2.05) is 22.7 Å². The Bertz CT molecular complexity index is 1050. The smallest absolute Gasteiger partial charge is 0.410 e. The molecule has 2 fully saturated rings. The third-order valence-electron chi connectivity index (χ3n) is 8.06. The van der Waals surface area contributed by atoms with Gasteiger partial charge in [-0.2, -0.15) is 5.10 Å². The van der Waals surface area contributed by atoms with Gasteiger partial charge in [0.2, 0.25) is 0 Å². The predicted molar refractivity (Wildman–Crippen MR) is 139 cm³/mol. The van der Waals surface area contributed by atoms with Gasteiger partial charge in [-0.25, -0.2) is 9.48 Å². The Balaban J connectivity index is 1.32. The molecule has 36 heavy (non-hydrogen) atoms. The van der Waals surface area contributed by atoms with Gasteiger partial charge in [0.15, 0.2) is 6.23 Å². The van der Waals surface area contributed by atoms with Crippen LogP contribution in [-0.4, -0.2) is 59.3 Å². The molecule has 3 aliphatic rings. The average Bonchev–Trinajstić information content (AvgIpc) is 3.47. The van der Waals surface area contributed by atoms with Crippen molar-refractivity contribution in [1.29, 1.82) is 0 Å². The van der Waals surface area contributed by atoms with E-state index in [4.69, 9.17) is 19.3 Å². The molecule has 1 aromatic heterocycles. The lowest BCUT2D eigenvalue weighted by Crippen LogP contribution is -2.44. The lowest BCUT2D eigenvalue weighted by Gasteiger charge is -2.33. The number of hydrogen-bond acceptors (Lipinski definition) is 5. The standard InChI is InChI=1S/C29H39N3O4/c1-20-18-30-32(27-11-7-8-16-35-27)28(20)25-17-21(2)31(29(33)34-3)26(25)19-36-24-14-12-23(13-15-24)22-9-5-4-6-10-22/h4-6,9-10,17-18,21,23-24,26-27H,7-8,11-16,19H2,1-3H3/t21-,23-,24+,26+,27?/m1/s1. The highest BCUT2D eigenvalue weighted by Gasteiger charge is 2.40. The number of nitrogens with zero attached hydrogens (tertiary/aromatic N) is 3. The molecule has 0 bridgehead atoms. The lowest BCUT2D eigenvalue weighted by atomic mass is 9.83. The van der Waals surface area contributed by atoms with E-state index in [0.717, 1.165) is 68.4 Å². The van der Waals surface area contributed by atoms with E-state index in [1.165, 1.54) is 12.7 Å². The maximum Gasteiger partial charge on any atom is 0.410 e. The molecule has 194 valence electrons. The molecular formula is C29H39N3O4. The first kappa shape index (κ1) is 25.0. The van der Waals surface area contributed by atoms with Crippen LogP contribution in [0.3, 0.4) is 0 Å². The zero-order valence-electron chi connectivity index (χ0n) is 21.8. The van der Waals surface area contributed by atoms with Crippen LogP contribution >= 0.6 is 0 Å². The lowest BCUT2D eigenvalue weighted by molar-refractivity contribution is -0.0402. The summed E-state index contributed by atoms with van der Waals surface area (Å²) in [6.45, 7) is 5.32. The average molecular weight is 494 g/mol. The Morgan fingerprint density at radius 2 is 1.89 bits per heavy atom. The zero-order chi connectivity index (χ0) is 25.1. The second kappa shape index (κ2) is 11.2. The number of amides is 1. The van der Waals surface area contributed by atoms with Crippen LogP contribution in [0.25, 0.3) is 5.57 Å². The Hall–Kier alpha value is -2.64. The number of carbonyl (C=O) groups is 1. The van der Waals surface area contributed by atoms with Gasteiger partial charge in [0.1, 0.15) is 0 Å². The summed E-state index contributed by atoms with van der Waals surface area (Å²) in [4.78, 5) is 14.6. The van der Waals surface area contributed by atoms with E-state index < -0.39 is 0 Å². The SMILES string of the molecule is COC(=O)N1[C@H](C)C=C(c2c(C)cnn2C2CCCCO2)[C@@H]1CO[C@H]1CC[C@@H](c2ccccc2)CC1. The largest absolute Gasteiger partial charge is 0.453 e. The number of aromatic nitrogens is 2. The van der Waals surface area contributed by atoms with Crippen molar-refractivity contribution in [3.63, 3.8) is 0 Å². The van der Waals surface area contributed by atoms with Gasteiger partial charge in [-0.3, -0.25) is 4.90 Å². The number of rotatable bonds is 6. The van der Waals surface area contributed by atoms with E-state index in [-0.39, 0.29) is 30.5 Å². The molecule has 1 amide bonds. The second-order valence-electron chi connectivity index (χ2n) is 10.4. The highest BCUT2D eigenvalue weighted by molar-refractivity contribution is 5.80. The van der Waals surface area contributed by atoms with Crippen LogP contribution < -0.4 is 0 Å². The van der Waals surface area contributed by atoms with E-state index in [2.05, 4.69) is 43.3 Å². The maximum atomic E-state index is 12.8. The minimum atomic E-state index is -0.326. The van der Waals surface area contributed by atoms with Crippen LogP contribution in [0.1, 0.15) is 80.8 Å². The number of methoxy groups -OCH3 is 1. The van der Waals surface area contributed by atoms with Gasteiger partial charge in [0, 0.05) is 12.2 Å². The second-order valence-corrected chi connectivity index (χ2v) is 10.4. The molecule has 7 heteroatoms. The van der Waals surface area contributed by atoms with Crippen molar-refractivity contribution < 1.29 is 19.0 Å². The summed E-state index contributed by atoms with van der Waals surface area (Å²) in [7, 11) is 1.45. The summed E-state index contributed by atoms with van der Waals surface area (Å²) in [5.74, 6) is 0.604. The van der Waals surface area contributed by atoms with Crippen molar-refractivity contribution in [2.75, 3.05) is 20.3 Å². The van der Waals surface area contributed by atoms with E-state index in [1.54, 1.807) is 0 Å². The van der Waals surface area contributed by atoms with Gasteiger partial charge in [-0.15, -0.1) is 0 Å². The Morgan fingerprint density at radius 1 is 1.11 bits per heavy atom. The van der Waals surface area contributed by atoms with Crippen molar-refractivity contribution in [3.05, 3.63) is 59.4 Å². The molecule has 2 aliphatic heterocycles. The third-order valence-corrected chi connectivity index (χ3v) is 8.06. The summed E-state index contributed by atoms with van der Waals surface area (Å²) < 4.78 is 19.8. The van der Waals surface area contributed by atoms with Gasteiger partial charge >= 0.3 is 6.09 Å². The number of carbonyl (C=O) groups excluding carboxylic acids is 1. The van der Waals surface area contributed by atoms with E-state index in [0.29, 0.717) is 12.5 Å². The fraction of sp³-hybridized carbons (Fsp3) is 0.586. The predicted octanol–water partition coefficient (Wildman–Crippen LogP) is 5.86. The summed E-state index contributed by atoms with van der Waals surface area (Å²) in [5.41, 5.74) is 4.63. The molecule has 1 unspecified atom stereocenters. The highest BCUT2D eigenvalue weighted by atomic mass is 16.5. The van der Waals surface area contributed by atoms with Crippen molar-refractivity contribution in [2.45, 2.75) is 89.1 Å². The number of hydrogen-bond donors (Lipinski definition) is 0. The monoisotopic (exact) mass is 493 g/mol. The molecule has 2 aromatic rings. The quantitative estimate of drug-likeness (QED) is 0.505. The molecule has 3 heterocycles. The summed E-state index contributed by atoms with van der Waals surface area (Å²) >= 11 is 0. The minimum Gasteiger partial charge on any atom is -0.453 e. The number of benzene rings is 1. The zero-order valence-corrected chi connectivity index (χ0v) is 21.8. The summed E-state index contributed by atoms with van der Waals surface area (Å²) in [5, 5.41) is 4.70. The summed E-state index contributed by atoms with van der Waals surface area (Å²) in [6, 6.07) is 10.5. The van der Waals surface area contributed by atoms with Crippen LogP contribution in [0.2, 0.25) is 0 Å². The molecule has 7 nitrogen and oxygen atoms in total. The maximum absolute atomic E-state index is 12.8. The van der Waals surface area contributed by atoms with Gasteiger partial charge in [-0.1, -0.05) is 36.4 Å². The molecule has 0 radical (unpaired) electrons. The fourth-order valence-corrected chi connectivity index (χ4v) is 6.15. The molecule has 1 aliphatic carbocycles. The van der Waals surface area contributed by atoms with E-state index in [9.17, 15) is 4.79 Å². The Kier molecular flexibility index (Phi) is 7.77. The molecule has 1 saturated carbocycles. The molecule has 3 atom stereocenters. The molecule has 0 N–H and O–H groups in total. The first-order valence-corrected chi connectivity index (χ1v) is 13.5. The molecule has 0 spiro atoms. The Labute approximate surface area is 214 Å². The van der Waals surface area contributed by atoms with Crippen molar-refractivity contribution in [3.8, 4) is 0 Å².